The molecule has 2 fully saturated rings. The van der Waals surface area contributed by atoms with Crippen LogP contribution in [0.3, 0.4) is 0 Å². The molecule has 0 bridgehead atoms. The highest BCUT2D eigenvalue weighted by Gasteiger charge is 2.47. The van der Waals surface area contributed by atoms with Gasteiger partial charge in [-0.15, -0.1) is 0 Å². The standard InChI is InChI=1S/C12H16O4S/c1-2-3-8(13)10-9(14)6-12(16-11(10)15)4-5-17-7-12/h13H,2-7H2,1H3. The van der Waals surface area contributed by atoms with E-state index in [0.29, 0.717) is 18.6 Å². The lowest BCUT2D eigenvalue weighted by molar-refractivity contribution is -0.160. The third kappa shape index (κ3) is 2.34. The molecule has 0 aliphatic carbocycles. The van der Waals surface area contributed by atoms with E-state index in [0.717, 1.165) is 12.2 Å². The summed E-state index contributed by atoms with van der Waals surface area (Å²) in [5.41, 5.74) is -0.733. The summed E-state index contributed by atoms with van der Waals surface area (Å²) in [4.78, 5) is 23.8. The van der Waals surface area contributed by atoms with Crippen molar-refractivity contribution >= 4 is 23.5 Å². The molecule has 0 aromatic heterocycles. The van der Waals surface area contributed by atoms with E-state index in [-0.39, 0.29) is 23.5 Å². The highest BCUT2D eigenvalue weighted by Crippen LogP contribution is 2.39. The largest absolute Gasteiger partial charge is 0.511 e. The molecule has 1 atom stereocenters. The van der Waals surface area contributed by atoms with Gasteiger partial charge in [-0.2, -0.15) is 11.8 Å². The Labute approximate surface area is 104 Å². The van der Waals surface area contributed by atoms with Gasteiger partial charge >= 0.3 is 5.97 Å². The number of hydrogen-bond acceptors (Lipinski definition) is 5. The number of esters is 1. The highest BCUT2D eigenvalue weighted by molar-refractivity contribution is 7.99. The summed E-state index contributed by atoms with van der Waals surface area (Å²) in [6, 6.07) is 0. The van der Waals surface area contributed by atoms with Crippen molar-refractivity contribution in [3.63, 3.8) is 0 Å². The summed E-state index contributed by atoms with van der Waals surface area (Å²) in [5.74, 6) is 0.569. The predicted octanol–water partition coefficient (Wildman–Crippen LogP) is 1.99. The van der Waals surface area contributed by atoms with Crippen LogP contribution in [-0.2, 0) is 14.3 Å². The topological polar surface area (TPSA) is 63.6 Å². The van der Waals surface area contributed by atoms with Gasteiger partial charge in [-0.1, -0.05) is 6.92 Å². The van der Waals surface area contributed by atoms with Gasteiger partial charge in [0.2, 0.25) is 0 Å². The second-order valence-electron chi connectivity index (χ2n) is 4.55. The molecule has 0 amide bonds. The Morgan fingerprint density at radius 2 is 2.29 bits per heavy atom. The predicted molar refractivity (Wildman–Crippen MR) is 65.0 cm³/mol. The number of ketones is 1. The Hall–Kier alpha value is -0.970. The summed E-state index contributed by atoms with van der Waals surface area (Å²) in [5, 5.41) is 9.70. The number of aliphatic hydroxyl groups excluding tert-OH is 1. The molecule has 17 heavy (non-hydrogen) atoms. The second kappa shape index (κ2) is 4.72. The van der Waals surface area contributed by atoms with Crippen LogP contribution in [0.4, 0.5) is 0 Å². The van der Waals surface area contributed by atoms with Crippen LogP contribution >= 0.6 is 11.8 Å². The average Bonchev–Trinajstić information content (AvgIpc) is 2.65. The molecule has 0 saturated carbocycles. The van der Waals surface area contributed by atoms with Gasteiger partial charge in [0, 0.05) is 12.2 Å². The molecule has 2 aliphatic heterocycles. The molecule has 4 nitrogen and oxygen atoms in total. The molecule has 2 rings (SSSR count). The zero-order valence-corrected chi connectivity index (χ0v) is 10.6. The van der Waals surface area contributed by atoms with Crippen LogP contribution in [0.1, 0.15) is 32.6 Å². The van der Waals surface area contributed by atoms with E-state index in [1.807, 2.05) is 6.92 Å². The number of allylic oxidation sites excluding steroid dienone is 1. The molecule has 0 aromatic rings. The van der Waals surface area contributed by atoms with Gasteiger partial charge in [-0.3, -0.25) is 4.79 Å². The van der Waals surface area contributed by atoms with Crippen LogP contribution in [0.5, 0.6) is 0 Å². The molecule has 0 aromatic carbocycles. The molecular formula is C12H16O4S. The molecule has 1 N–H and O–H groups in total. The minimum absolute atomic E-state index is 0.122. The molecule has 94 valence electrons. The SMILES string of the molecule is CCCC(O)=C1C(=O)CC2(CCSC2)OC1=O. The number of aliphatic hydroxyl groups is 1. The molecule has 2 saturated heterocycles. The molecule has 1 spiro atoms. The average molecular weight is 256 g/mol. The quantitative estimate of drug-likeness (QED) is 0.354. The van der Waals surface area contributed by atoms with Crippen molar-refractivity contribution in [1.29, 1.82) is 0 Å². The van der Waals surface area contributed by atoms with Crippen LogP contribution in [0.25, 0.3) is 0 Å². The van der Waals surface area contributed by atoms with E-state index in [1.54, 1.807) is 11.8 Å². The van der Waals surface area contributed by atoms with Crippen molar-refractivity contribution in [2.75, 3.05) is 11.5 Å². The lowest BCUT2D eigenvalue weighted by Crippen LogP contribution is -2.44. The van der Waals surface area contributed by atoms with Gasteiger partial charge < -0.3 is 9.84 Å². The molecule has 2 aliphatic rings. The molecular weight excluding hydrogens is 240 g/mol. The van der Waals surface area contributed by atoms with E-state index in [9.17, 15) is 14.7 Å². The van der Waals surface area contributed by atoms with E-state index < -0.39 is 11.6 Å². The van der Waals surface area contributed by atoms with Crippen LogP contribution in [0.2, 0.25) is 0 Å². The van der Waals surface area contributed by atoms with Gasteiger partial charge in [0.1, 0.15) is 16.9 Å². The fourth-order valence-electron chi connectivity index (χ4n) is 2.23. The van der Waals surface area contributed by atoms with Crippen LogP contribution in [-0.4, -0.2) is 34.0 Å². The first kappa shape index (κ1) is 12.5. The molecule has 0 radical (unpaired) electrons. The first-order chi connectivity index (χ1) is 8.08. The maximum Gasteiger partial charge on any atom is 0.345 e. The minimum Gasteiger partial charge on any atom is -0.511 e. The number of rotatable bonds is 2. The van der Waals surface area contributed by atoms with Crippen LogP contribution < -0.4 is 0 Å². The van der Waals surface area contributed by atoms with Crippen molar-refractivity contribution in [3.8, 4) is 0 Å². The number of thioether (sulfide) groups is 1. The Morgan fingerprint density at radius 1 is 1.53 bits per heavy atom. The summed E-state index contributed by atoms with van der Waals surface area (Å²) < 4.78 is 5.39. The summed E-state index contributed by atoms with van der Waals surface area (Å²) >= 11 is 1.70. The zero-order valence-electron chi connectivity index (χ0n) is 9.82. The van der Waals surface area contributed by atoms with Crippen molar-refractivity contribution in [3.05, 3.63) is 11.3 Å². The number of carbonyl (C=O) groups excluding carboxylic acids is 2. The van der Waals surface area contributed by atoms with Crippen LogP contribution in [0, 0.1) is 0 Å². The van der Waals surface area contributed by atoms with Gasteiger partial charge in [0.15, 0.2) is 5.78 Å². The molecule has 5 heteroatoms. The van der Waals surface area contributed by atoms with Crippen molar-refractivity contribution in [2.45, 2.75) is 38.2 Å². The molecule has 2 heterocycles. The van der Waals surface area contributed by atoms with Gasteiger partial charge in [0.05, 0.1) is 6.42 Å². The highest BCUT2D eigenvalue weighted by atomic mass is 32.2. The van der Waals surface area contributed by atoms with E-state index >= 15 is 0 Å². The summed E-state index contributed by atoms with van der Waals surface area (Å²) in [6.45, 7) is 1.88. The lowest BCUT2D eigenvalue weighted by atomic mass is 9.89. The minimum atomic E-state index is -0.644. The Bertz CT molecular complexity index is 358. The first-order valence-electron chi connectivity index (χ1n) is 5.84. The van der Waals surface area contributed by atoms with E-state index in [1.165, 1.54) is 0 Å². The normalized spacial score (nSPS) is 31.8. The van der Waals surface area contributed by atoms with Crippen molar-refractivity contribution < 1.29 is 19.4 Å². The van der Waals surface area contributed by atoms with E-state index in [4.69, 9.17) is 4.74 Å². The number of ether oxygens (including phenoxy) is 1. The van der Waals surface area contributed by atoms with Crippen molar-refractivity contribution in [1.82, 2.24) is 0 Å². The third-order valence-corrected chi connectivity index (χ3v) is 4.34. The fourth-order valence-corrected chi connectivity index (χ4v) is 3.57. The lowest BCUT2D eigenvalue weighted by Gasteiger charge is -2.32. The first-order valence-corrected chi connectivity index (χ1v) is 7.00. The van der Waals surface area contributed by atoms with Crippen LogP contribution in [0.15, 0.2) is 11.3 Å². The Kier molecular flexibility index (Phi) is 3.47. The maximum atomic E-state index is 12.0. The Morgan fingerprint density at radius 3 is 2.82 bits per heavy atom. The fraction of sp³-hybridized carbons (Fsp3) is 0.667. The number of hydrogen-bond donors (Lipinski definition) is 1. The summed E-state index contributed by atoms with van der Waals surface area (Å²) in [7, 11) is 0. The van der Waals surface area contributed by atoms with Crippen molar-refractivity contribution in [2.24, 2.45) is 0 Å². The number of carbonyl (C=O) groups is 2. The monoisotopic (exact) mass is 256 g/mol. The smallest absolute Gasteiger partial charge is 0.345 e. The zero-order chi connectivity index (χ0) is 12.5. The summed E-state index contributed by atoms with van der Waals surface area (Å²) in [6.07, 6.45) is 1.99. The third-order valence-electron chi connectivity index (χ3n) is 3.12. The maximum absolute atomic E-state index is 12.0. The van der Waals surface area contributed by atoms with Gasteiger partial charge in [-0.25, -0.2) is 4.79 Å². The van der Waals surface area contributed by atoms with E-state index in [2.05, 4.69) is 0 Å². The molecule has 1 unspecified atom stereocenters. The Balaban J connectivity index is 2.22. The van der Waals surface area contributed by atoms with Gasteiger partial charge in [0.25, 0.3) is 0 Å². The van der Waals surface area contributed by atoms with Gasteiger partial charge in [-0.05, 0) is 18.6 Å². The second-order valence-corrected chi connectivity index (χ2v) is 5.65. The number of Topliss-reactive ketones (excluding diaryl/α,β-unsaturated/α-hetero) is 1.